The molecule has 1 saturated heterocycles. The quantitative estimate of drug-likeness (QED) is 0.611. The Morgan fingerprint density at radius 3 is 2.32 bits per heavy atom. The predicted octanol–water partition coefficient (Wildman–Crippen LogP) is 2.96. The first-order valence-corrected chi connectivity index (χ1v) is 12.2. The molecule has 1 fully saturated rings. The van der Waals surface area contributed by atoms with Gasteiger partial charge in [0.1, 0.15) is 0 Å². The van der Waals surface area contributed by atoms with E-state index in [2.05, 4.69) is 20.3 Å². The van der Waals surface area contributed by atoms with Crippen molar-refractivity contribution in [2.75, 3.05) is 42.3 Å². The molecule has 0 saturated carbocycles. The topological polar surface area (TPSA) is 90.5 Å². The summed E-state index contributed by atoms with van der Waals surface area (Å²) in [5.41, 5.74) is 4.09. The van der Waals surface area contributed by atoms with Gasteiger partial charge >= 0.3 is 0 Å². The van der Waals surface area contributed by atoms with Gasteiger partial charge < -0.3 is 15.5 Å². The van der Waals surface area contributed by atoms with Crippen LogP contribution in [0.4, 0.5) is 11.4 Å². The fourth-order valence-electron chi connectivity index (χ4n) is 4.09. The van der Waals surface area contributed by atoms with Crippen molar-refractivity contribution in [3.05, 3.63) is 52.6 Å². The summed E-state index contributed by atoms with van der Waals surface area (Å²) in [6.45, 7) is 11.4. The first-order chi connectivity index (χ1) is 14.7. The summed E-state index contributed by atoms with van der Waals surface area (Å²) >= 11 is 0. The molecular weight excluding hydrogens is 412 g/mol. The van der Waals surface area contributed by atoms with E-state index in [0.29, 0.717) is 28.9 Å². The largest absolute Gasteiger partial charge is 0.368 e. The molecule has 1 aliphatic rings. The molecular formula is C23H32N4O3S. The summed E-state index contributed by atoms with van der Waals surface area (Å²) in [7, 11) is -3.79. The average Bonchev–Trinajstić information content (AvgIpc) is 2.71. The fourth-order valence-corrected chi connectivity index (χ4v) is 5.60. The van der Waals surface area contributed by atoms with Gasteiger partial charge in [-0.1, -0.05) is 24.6 Å². The molecule has 1 aliphatic heterocycles. The van der Waals surface area contributed by atoms with Crippen LogP contribution in [-0.4, -0.2) is 47.0 Å². The molecule has 0 atom stereocenters. The zero-order chi connectivity index (χ0) is 22.6. The fraction of sp³-hybridized carbons (Fsp3) is 0.435. The molecule has 8 heteroatoms. The summed E-state index contributed by atoms with van der Waals surface area (Å²) in [5.74, 6) is -0.195. The number of hydrogen-bond acceptors (Lipinski definition) is 5. The Kier molecular flexibility index (Phi) is 7.23. The van der Waals surface area contributed by atoms with Crippen LogP contribution in [0, 0.1) is 20.8 Å². The van der Waals surface area contributed by atoms with Crippen molar-refractivity contribution in [1.82, 2.24) is 10.6 Å². The van der Waals surface area contributed by atoms with Gasteiger partial charge in [0.05, 0.1) is 10.5 Å². The van der Waals surface area contributed by atoms with E-state index in [-0.39, 0.29) is 10.8 Å². The Hall–Kier alpha value is -2.58. The van der Waals surface area contributed by atoms with E-state index in [1.807, 2.05) is 32.0 Å². The van der Waals surface area contributed by atoms with E-state index in [0.717, 1.165) is 43.9 Å². The van der Waals surface area contributed by atoms with Crippen molar-refractivity contribution in [2.45, 2.75) is 39.0 Å². The third-order valence-electron chi connectivity index (χ3n) is 5.36. The Balaban J connectivity index is 1.97. The number of piperazine rings is 1. The highest BCUT2D eigenvalue weighted by Crippen LogP contribution is 2.28. The third-order valence-corrected chi connectivity index (χ3v) is 7.05. The van der Waals surface area contributed by atoms with E-state index >= 15 is 0 Å². The smallest absolute Gasteiger partial charge is 0.262 e. The lowest BCUT2D eigenvalue weighted by molar-refractivity contribution is 0.0954. The highest BCUT2D eigenvalue weighted by atomic mass is 32.2. The van der Waals surface area contributed by atoms with Crippen LogP contribution >= 0.6 is 0 Å². The van der Waals surface area contributed by atoms with E-state index in [1.165, 1.54) is 0 Å². The summed E-state index contributed by atoms with van der Waals surface area (Å²) in [6, 6.07) is 8.92. The van der Waals surface area contributed by atoms with Gasteiger partial charge in [-0.25, -0.2) is 8.42 Å². The zero-order valence-electron chi connectivity index (χ0n) is 18.7. The Morgan fingerprint density at radius 2 is 1.71 bits per heavy atom. The molecule has 0 aromatic heterocycles. The van der Waals surface area contributed by atoms with Gasteiger partial charge in [-0.3, -0.25) is 9.52 Å². The molecule has 2 aromatic rings. The van der Waals surface area contributed by atoms with Crippen LogP contribution < -0.4 is 20.3 Å². The standard InChI is InChI=1S/C23H32N4O3S/c1-5-8-25-23(28)20-15-19(6-7-21(20)27-11-9-24-10-12-27)26-31(29,30)22-17(3)13-16(2)14-18(22)4/h6-7,13-15,24,26H,5,8-12H2,1-4H3,(H,25,28). The number of aryl methyl sites for hydroxylation is 3. The van der Waals surface area contributed by atoms with Crippen LogP contribution in [0.25, 0.3) is 0 Å². The van der Waals surface area contributed by atoms with Crippen molar-refractivity contribution < 1.29 is 13.2 Å². The molecule has 0 unspecified atom stereocenters. The van der Waals surface area contributed by atoms with E-state index < -0.39 is 10.0 Å². The second-order valence-electron chi connectivity index (χ2n) is 8.06. The monoisotopic (exact) mass is 444 g/mol. The van der Waals surface area contributed by atoms with Gasteiger partial charge in [0, 0.05) is 44.1 Å². The SMILES string of the molecule is CCCNC(=O)c1cc(NS(=O)(=O)c2c(C)cc(C)cc2C)ccc1N1CCNCC1. The first kappa shape index (κ1) is 23.1. The van der Waals surface area contributed by atoms with Crippen molar-refractivity contribution in [1.29, 1.82) is 0 Å². The summed E-state index contributed by atoms with van der Waals surface area (Å²) in [4.78, 5) is 15.3. The highest BCUT2D eigenvalue weighted by molar-refractivity contribution is 7.92. The molecule has 0 bridgehead atoms. The lowest BCUT2D eigenvalue weighted by Gasteiger charge is -2.31. The van der Waals surface area contributed by atoms with Crippen molar-refractivity contribution >= 4 is 27.3 Å². The van der Waals surface area contributed by atoms with Gasteiger partial charge in [0.2, 0.25) is 0 Å². The number of rotatable bonds is 7. The first-order valence-electron chi connectivity index (χ1n) is 10.7. The lowest BCUT2D eigenvalue weighted by atomic mass is 10.1. The third kappa shape index (κ3) is 5.37. The van der Waals surface area contributed by atoms with E-state index in [9.17, 15) is 13.2 Å². The Labute approximate surface area is 185 Å². The minimum atomic E-state index is -3.79. The van der Waals surface area contributed by atoms with Gasteiger partial charge in [-0.15, -0.1) is 0 Å². The minimum Gasteiger partial charge on any atom is -0.368 e. The van der Waals surface area contributed by atoms with Gasteiger partial charge in [0.25, 0.3) is 15.9 Å². The second kappa shape index (κ2) is 9.70. The van der Waals surface area contributed by atoms with E-state index in [1.54, 1.807) is 26.0 Å². The molecule has 1 heterocycles. The minimum absolute atomic E-state index is 0.195. The normalized spacial score (nSPS) is 14.4. The highest BCUT2D eigenvalue weighted by Gasteiger charge is 2.23. The number of anilines is 2. The summed E-state index contributed by atoms with van der Waals surface area (Å²) < 4.78 is 29.0. The maximum Gasteiger partial charge on any atom is 0.262 e. The molecule has 0 aliphatic carbocycles. The van der Waals surface area contributed by atoms with E-state index in [4.69, 9.17) is 0 Å². The van der Waals surface area contributed by atoms with Gasteiger partial charge in [-0.2, -0.15) is 0 Å². The van der Waals surface area contributed by atoms with Gasteiger partial charge in [0.15, 0.2) is 0 Å². The maximum atomic E-state index is 13.2. The average molecular weight is 445 g/mol. The molecule has 3 rings (SSSR count). The van der Waals surface area contributed by atoms with Crippen LogP contribution in [-0.2, 0) is 10.0 Å². The number of sulfonamides is 1. The Morgan fingerprint density at radius 1 is 1.06 bits per heavy atom. The predicted molar refractivity (Wildman–Crippen MR) is 126 cm³/mol. The van der Waals surface area contributed by atoms with Crippen LogP contribution in [0.5, 0.6) is 0 Å². The summed E-state index contributed by atoms with van der Waals surface area (Å²) in [5, 5.41) is 6.22. The molecule has 1 amide bonds. The number of hydrogen-bond donors (Lipinski definition) is 3. The lowest BCUT2D eigenvalue weighted by Crippen LogP contribution is -2.44. The molecule has 3 N–H and O–H groups in total. The van der Waals surface area contributed by atoms with Crippen LogP contribution in [0.3, 0.4) is 0 Å². The van der Waals surface area contributed by atoms with Crippen molar-refractivity contribution in [3.63, 3.8) is 0 Å². The van der Waals surface area contributed by atoms with Crippen molar-refractivity contribution in [3.8, 4) is 0 Å². The van der Waals surface area contributed by atoms with Gasteiger partial charge in [-0.05, 0) is 56.5 Å². The number of amides is 1. The number of carbonyl (C=O) groups excluding carboxylic acids is 1. The molecule has 168 valence electrons. The number of nitrogens with one attached hydrogen (secondary N) is 3. The van der Waals surface area contributed by atoms with Crippen LogP contribution in [0.1, 0.15) is 40.4 Å². The summed E-state index contributed by atoms with van der Waals surface area (Å²) in [6.07, 6.45) is 0.826. The number of benzene rings is 2. The number of carbonyl (C=O) groups is 1. The molecule has 2 aromatic carbocycles. The number of nitrogens with zero attached hydrogens (tertiary/aromatic N) is 1. The molecule has 31 heavy (non-hydrogen) atoms. The molecule has 0 spiro atoms. The van der Waals surface area contributed by atoms with Crippen LogP contribution in [0.15, 0.2) is 35.2 Å². The molecule has 0 radical (unpaired) electrons. The second-order valence-corrected chi connectivity index (χ2v) is 9.68. The maximum absolute atomic E-state index is 13.2. The van der Waals surface area contributed by atoms with Crippen LogP contribution in [0.2, 0.25) is 0 Å². The van der Waals surface area contributed by atoms with Crippen molar-refractivity contribution in [2.24, 2.45) is 0 Å². The Bertz CT molecular complexity index is 1040. The molecule has 7 nitrogen and oxygen atoms in total. The zero-order valence-corrected chi connectivity index (χ0v) is 19.5.